The maximum Gasteiger partial charge on any atom is 0.339 e. The molecule has 0 spiro atoms. The predicted octanol–water partition coefficient (Wildman–Crippen LogP) is 3.54. The normalized spacial score (nSPS) is 16.1. The van der Waals surface area contributed by atoms with Gasteiger partial charge in [-0.3, -0.25) is 14.9 Å². The van der Waals surface area contributed by atoms with Crippen LogP contribution in [0.3, 0.4) is 0 Å². The van der Waals surface area contributed by atoms with Crippen molar-refractivity contribution in [1.82, 2.24) is 5.32 Å². The van der Waals surface area contributed by atoms with Crippen LogP contribution in [0.4, 0.5) is 4.79 Å². The number of carbonyl (C=O) groups excluding carboxylic acids is 2. The molecule has 1 aliphatic rings. The first-order valence-corrected chi connectivity index (χ1v) is 9.91. The summed E-state index contributed by atoms with van der Waals surface area (Å²) in [4.78, 5) is 23.1. The Labute approximate surface area is 156 Å². The first-order chi connectivity index (χ1) is 11.8. The molecule has 1 N–H and O–H groups in total. The Bertz CT molecular complexity index is 984. The number of amides is 2. The van der Waals surface area contributed by atoms with Gasteiger partial charge in [-0.2, -0.15) is 8.42 Å². The summed E-state index contributed by atoms with van der Waals surface area (Å²) in [5, 5.41) is 1.66. The standard InChI is InChI=1S/C16H10BrNO5S2/c17-11-5-7-12(8-6-11)25(21,22)23-13-4-2-1-3-10(13)9-14-15(19)18-16(20)24-14/h1-9H,(H,18,19,20)/b14-9-. The number of imide groups is 1. The summed E-state index contributed by atoms with van der Waals surface area (Å²) in [6.45, 7) is 0. The van der Waals surface area contributed by atoms with Crippen LogP contribution < -0.4 is 9.50 Å². The second-order valence-electron chi connectivity index (χ2n) is 4.88. The number of nitrogens with one attached hydrogen (secondary N) is 1. The van der Waals surface area contributed by atoms with Crippen LogP contribution in [0.1, 0.15) is 5.56 Å². The quantitative estimate of drug-likeness (QED) is 0.578. The third-order valence-electron chi connectivity index (χ3n) is 3.15. The van der Waals surface area contributed by atoms with E-state index < -0.39 is 21.3 Å². The molecule has 128 valence electrons. The highest BCUT2D eigenvalue weighted by atomic mass is 79.9. The number of hydrogen-bond acceptors (Lipinski definition) is 6. The average Bonchev–Trinajstić information content (AvgIpc) is 2.87. The highest BCUT2D eigenvalue weighted by Gasteiger charge is 2.26. The molecule has 3 rings (SSSR count). The summed E-state index contributed by atoms with van der Waals surface area (Å²) in [7, 11) is -4.03. The van der Waals surface area contributed by atoms with E-state index in [4.69, 9.17) is 4.18 Å². The maximum absolute atomic E-state index is 12.4. The molecule has 0 unspecified atom stereocenters. The van der Waals surface area contributed by atoms with Gasteiger partial charge >= 0.3 is 10.1 Å². The molecule has 0 saturated carbocycles. The lowest BCUT2D eigenvalue weighted by molar-refractivity contribution is -0.115. The number of rotatable bonds is 4. The van der Waals surface area contributed by atoms with Crippen LogP contribution in [-0.2, 0) is 14.9 Å². The molecule has 0 aliphatic carbocycles. The third kappa shape index (κ3) is 4.12. The largest absolute Gasteiger partial charge is 0.378 e. The molecule has 2 amide bonds. The lowest BCUT2D eigenvalue weighted by Gasteiger charge is -2.10. The maximum atomic E-state index is 12.4. The lowest BCUT2D eigenvalue weighted by Crippen LogP contribution is -2.17. The highest BCUT2D eigenvalue weighted by Crippen LogP contribution is 2.30. The molecule has 0 atom stereocenters. The Morgan fingerprint density at radius 1 is 1.04 bits per heavy atom. The zero-order valence-electron chi connectivity index (χ0n) is 12.4. The van der Waals surface area contributed by atoms with Crippen molar-refractivity contribution < 1.29 is 22.2 Å². The Kier molecular flexibility index (Phi) is 4.98. The van der Waals surface area contributed by atoms with Crippen LogP contribution in [0.5, 0.6) is 5.75 Å². The van der Waals surface area contributed by atoms with Crippen molar-refractivity contribution in [2.45, 2.75) is 4.90 Å². The van der Waals surface area contributed by atoms with Crippen molar-refractivity contribution in [2.24, 2.45) is 0 Å². The van der Waals surface area contributed by atoms with Crippen molar-refractivity contribution in [3.05, 3.63) is 63.5 Å². The Morgan fingerprint density at radius 3 is 2.36 bits per heavy atom. The minimum atomic E-state index is -4.03. The molecule has 1 saturated heterocycles. The number of halogens is 1. The van der Waals surface area contributed by atoms with Crippen LogP contribution in [0.25, 0.3) is 6.08 Å². The molecule has 1 aliphatic heterocycles. The molecule has 0 aromatic heterocycles. The van der Waals surface area contributed by atoms with Crippen LogP contribution in [0, 0.1) is 0 Å². The van der Waals surface area contributed by atoms with Gasteiger partial charge in [0.2, 0.25) is 0 Å². The van der Waals surface area contributed by atoms with Gasteiger partial charge in [0.05, 0.1) is 4.91 Å². The molecule has 25 heavy (non-hydrogen) atoms. The number of benzene rings is 2. The van der Waals surface area contributed by atoms with E-state index in [9.17, 15) is 18.0 Å². The second-order valence-corrected chi connectivity index (χ2v) is 8.36. The SMILES string of the molecule is O=C1NC(=O)/C(=C/c2ccccc2OS(=O)(=O)c2ccc(Br)cc2)S1. The molecule has 1 fully saturated rings. The summed E-state index contributed by atoms with van der Waals surface area (Å²) in [5.41, 5.74) is 0.371. The third-order valence-corrected chi connectivity index (χ3v) is 5.74. The van der Waals surface area contributed by atoms with Crippen molar-refractivity contribution in [3.63, 3.8) is 0 Å². The monoisotopic (exact) mass is 439 g/mol. The van der Waals surface area contributed by atoms with Crippen molar-refractivity contribution >= 4 is 55.0 Å². The van der Waals surface area contributed by atoms with Gasteiger partial charge in [0.25, 0.3) is 11.1 Å². The highest BCUT2D eigenvalue weighted by molar-refractivity contribution is 9.10. The summed E-state index contributed by atoms with van der Waals surface area (Å²) in [6.07, 6.45) is 1.41. The van der Waals surface area contributed by atoms with E-state index in [1.807, 2.05) is 0 Å². The van der Waals surface area contributed by atoms with Crippen molar-refractivity contribution in [3.8, 4) is 5.75 Å². The van der Waals surface area contributed by atoms with Gasteiger partial charge in [-0.05, 0) is 48.2 Å². The summed E-state index contributed by atoms with van der Waals surface area (Å²) in [6, 6.07) is 12.4. The van der Waals surface area contributed by atoms with Gasteiger partial charge in [0.1, 0.15) is 10.6 Å². The van der Waals surface area contributed by atoms with Crippen LogP contribution in [-0.4, -0.2) is 19.6 Å². The molecule has 0 radical (unpaired) electrons. The van der Waals surface area contributed by atoms with Crippen LogP contribution in [0.2, 0.25) is 0 Å². The fraction of sp³-hybridized carbons (Fsp3) is 0. The summed E-state index contributed by atoms with van der Waals surface area (Å²) >= 11 is 3.98. The molecule has 1 heterocycles. The van der Waals surface area contributed by atoms with Gasteiger partial charge in [-0.25, -0.2) is 0 Å². The minimum Gasteiger partial charge on any atom is -0.378 e. The molecule has 6 nitrogen and oxygen atoms in total. The molecule has 2 aromatic rings. The number of thioether (sulfide) groups is 1. The first-order valence-electron chi connectivity index (χ1n) is 6.89. The Balaban J connectivity index is 1.94. The van der Waals surface area contributed by atoms with Crippen LogP contribution >= 0.6 is 27.7 Å². The molecular formula is C16H10BrNO5S2. The summed E-state index contributed by atoms with van der Waals surface area (Å²) in [5.74, 6) is -0.466. The molecule has 9 heteroatoms. The number of para-hydroxylation sites is 1. The first kappa shape index (κ1) is 17.7. The zero-order valence-corrected chi connectivity index (χ0v) is 15.7. The van der Waals surface area contributed by atoms with E-state index in [2.05, 4.69) is 21.2 Å². The van der Waals surface area contributed by atoms with Crippen LogP contribution in [0.15, 0.2) is 62.8 Å². The van der Waals surface area contributed by atoms with E-state index in [0.717, 1.165) is 16.2 Å². The second kappa shape index (κ2) is 7.03. The summed E-state index contributed by atoms with van der Waals surface area (Å²) < 4.78 is 30.8. The molecular weight excluding hydrogens is 430 g/mol. The fourth-order valence-corrected chi connectivity index (χ4v) is 3.90. The Morgan fingerprint density at radius 2 is 1.72 bits per heavy atom. The van der Waals surface area contributed by atoms with Crippen molar-refractivity contribution in [1.29, 1.82) is 0 Å². The topological polar surface area (TPSA) is 89.5 Å². The van der Waals surface area contributed by atoms with E-state index in [-0.39, 0.29) is 15.6 Å². The fourth-order valence-electron chi connectivity index (χ4n) is 2.01. The van der Waals surface area contributed by atoms with Gasteiger partial charge < -0.3 is 4.18 Å². The van der Waals surface area contributed by atoms with Gasteiger partial charge in [-0.15, -0.1) is 0 Å². The molecule has 0 bridgehead atoms. The molecule has 2 aromatic carbocycles. The van der Waals surface area contributed by atoms with Gasteiger partial charge in [-0.1, -0.05) is 34.1 Å². The van der Waals surface area contributed by atoms with E-state index in [0.29, 0.717) is 5.56 Å². The van der Waals surface area contributed by atoms with Gasteiger partial charge in [0.15, 0.2) is 0 Å². The zero-order chi connectivity index (χ0) is 18.0. The van der Waals surface area contributed by atoms with Gasteiger partial charge in [0, 0.05) is 10.0 Å². The minimum absolute atomic E-state index is 0.00122. The Hall–Kier alpha value is -2.10. The lowest BCUT2D eigenvalue weighted by atomic mass is 10.2. The number of hydrogen-bond donors (Lipinski definition) is 1. The van der Waals surface area contributed by atoms with E-state index in [1.165, 1.54) is 24.3 Å². The average molecular weight is 440 g/mol. The van der Waals surface area contributed by atoms with E-state index in [1.54, 1.807) is 30.3 Å². The predicted molar refractivity (Wildman–Crippen MR) is 97.5 cm³/mol. The number of carbonyl (C=O) groups is 2. The van der Waals surface area contributed by atoms with Crippen molar-refractivity contribution in [2.75, 3.05) is 0 Å². The smallest absolute Gasteiger partial charge is 0.339 e. The van der Waals surface area contributed by atoms with E-state index >= 15 is 0 Å².